The normalized spacial score (nSPS) is 13.7. The van der Waals surface area contributed by atoms with E-state index < -0.39 is 0 Å². The van der Waals surface area contributed by atoms with Gasteiger partial charge in [0.05, 0.1) is 3.57 Å². The number of benzene rings is 2. The van der Waals surface area contributed by atoms with Gasteiger partial charge in [-0.25, -0.2) is 0 Å². The number of halogens is 1. The Kier molecular flexibility index (Phi) is 4.43. The molecule has 0 aromatic heterocycles. The van der Waals surface area contributed by atoms with Gasteiger partial charge in [-0.05, 0) is 59.2 Å². The maximum Gasteiger partial charge on any atom is 0.264 e. The molecule has 1 aliphatic rings. The standard InChI is InChI=1S/C17H16INO2/c18-14-8-2-4-10-16(14)21-12-17(20)19-11-5-7-13-6-1-3-9-15(13)19/h1-4,6,8-10H,5,7,11-12H2. The molecule has 0 N–H and O–H groups in total. The maximum atomic E-state index is 12.4. The van der Waals surface area contributed by atoms with Crippen molar-refractivity contribution in [3.8, 4) is 5.75 Å². The molecule has 3 nitrogen and oxygen atoms in total. The number of anilines is 1. The highest BCUT2D eigenvalue weighted by atomic mass is 127. The Morgan fingerprint density at radius 1 is 1.14 bits per heavy atom. The summed E-state index contributed by atoms with van der Waals surface area (Å²) in [5, 5.41) is 0. The van der Waals surface area contributed by atoms with Crippen molar-refractivity contribution in [1.82, 2.24) is 0 Å². The Morgan fingerprint density at radius 2 is 1.90 bits per heavy atom. The van der Waals surface area contributed by atoms with Gasteiger partial charge in [-0.3, -0.25) is 4.79 Å². The molecule has 2 aromatic carbocycles. The number of aryl methyl sites for hydroxylation is 1. The second-order valence-electron chi connectivity index (χ2n) is 5.00. The van der Waals surface area contributed by atoms with Crippen LogP contribution in [-0.4, -0.2) is 19.1 Å². The summed E-state index contributed by atoms with van der Waals surface area (Å²) in [6.45, 7) is 0.847. The Balaban J connectivity index is 1.71. The largest absolute Gasteiger partial charge is 0.483 e. The van der Waals surface area contributed by atoms with E-state index in [0.29, 0.717) is 0 Å². The molecule has 1 amide bonds. The van der Waals surface area contributed by atoms with Gasteiger partial charge in [0.25, 0.3) is 5.91 Å². The Bertz CT molecular complexity index is 657. The van der Waals surface area contributed by atoms with Crippen molar-refractivity contribution in [1.29, 1.82) is 0 Å². The predicted octanol–water partition coefficient (Wildman–Crippen LogP) is 3.65. The first-order chi connectivity index (χ1) is 10.3. The Morgan fingerprint density at radius 3 is 2.76 bits per heavy atom. The molecular weight excluding hydrogens is 377 g/mol. The number of carbonyl (C=O) groups is 1. The minimum absolute atomic E-state index is 0.0156. The third kappa shape index (κ3) is 3.20. The van der Waals surface area contributed by atoms with Crippen molar-refractivity contribution in [3.05, 3.63) is 57.7 Å². The fourth-order valence-corrected chi connectivity index (χ4v) is 3.11. The van der Waals surface area contributed by atoms with Crippen molar-refractivity contribution in [2.45, 2.75) is 12.8 Å². The molecular formula is C17H16INO2. The second-order valence-corrected chi connectivity index (χ2v) is 6.16. The number of hydrogen-bond acceptors (Lipinski definition) is 2. The summed E-state index contributed by atoms with van der Waals surface area (Å²) >= 11 is 2.21. The van der Waals surface area contributed by atoms with E-state index in [0.717, 1.165) is 34.4 Å². The molecule has 1 aliphatic heterocycles. The van der Waals surface area contributed by atoms with Crippen LogP contribution in [0.1, 0.15) is 12.0 Å². The molecule has 3 rings (SSSR count). The van der Waals surface area contributed by atoms with E-state index in [1.54, 1.807) is 0 Å². The fourth-order valence-electron chi connectivity index (χ4n) is 2.57. The number of rotatable bonds is 3. The minimum atomic E-state index is 0.0156. The molecule has 0 aliphatic carbocycles. The van der Waals surface area contributed by atoms with Gasteiger partial charge in [-0.1, -0.05) is 30.3 Å². The third-order valence-electron chi connectivity index (χ3n) is 3.60. The summed E-state index contributed by atoms with van der Waals surface area (Å²) in [7, 11) is 0. The first kappa shape index (κ1) is 14.4. The van der Waals surface area contributed by atoms with Gasteiger partial charge in [0.2, 0.25) is 0 Å². The van der Waals surface area contributed by atoms with Crippen molar-refractivity contribution in [2.24, 2.45) is 0 Å². The van der Waals surface area contributed by atoms with Crippen LogP contribution in [0.2, 0.25) is 0 Å². The van der Waals surface area contributed by atoms with Crippen LogP contribution in [0.5, 0.6) is 5.75 Å². The first-order valence-electron chi connectivity index (χ1n) is 7.01. The summed E-state index contributed by atoms with van der Waals surface area (Å²) < 4.78 is 6.68. The summed E-state index contributed by atoms with van der Waals surface area (Å²) in [6.07, 6.45) is 2.04. The Hall–Kier alpha value is -1.56. The molecule has 0 saturated heterocycles. The lowest BCUT2D eigenvalue weighted by molar-refractivity contribution is -0.120. The number of carbonyl (C=O) groups excluding carboxylic acids is 1. The number of ether oxygens (including phenoxy) is 1. The van der Waals surface area contributed by atoms with Crippen molar-refractivity contribution in [2.75, 3.05) is 18.1 Å². The minimum Gasteiger partial charge on any atom is -0.483 e. The third-order valence-corrected chi connectivity index (χ3v) is 4.49. The first-order valence-corrected chi connectivity index (χ1v) is 8.09. The van der Waals surface area contributed by atoms with Gasteiger partial charge in [0, 0.05) is 12.2 Å². The molecule has 21 heavy (non-hydrogen) atoms. The highest BCUT2D eigenvalue weighted by Gasteiger charge is 2.22. The average Bonchev–Trinajstić information content (AvgIpc) is 2.53. The molecule has 2 aromatic rings. The summed E-state index contributed by atoms with van der Waals surface area (Å²) in [5.74, 6) is 0.776. The molecule has 0 bridgehead atoms. The molecule has 0 spiro atoms. The van der Waals surface area contributed by atoms with Crippen LogP contribution in [0.4, 0.5) is 5.69 Å². The van der Waals surface area contributed by atoms with Gasteiger partial charge in [0.15, 0.2) is 6.61 Å². The van der Waals surface area contributed by atoms with Crippen LogP contribution in [-0.2, 0) is 11.2 Å². The molecule has 0 radical (unpaired) electrons. The topological polar surface area (TPSA) is 29.5 Å². The zero-order valence-electron chi connectivity index (χ0n) is 11.6. The molecule has 108 valence electrons. The molecule has 0 atom stereocenters. The second kappa shape index (κ2) is 6.47. The summed E-state index contributed by atoms with van der Waals surface area (Å²) in [6, 6.07) is 15.8. The highest BCUT2D eigenvalue weighted by Crippen LogP contribution is 2.27. The van der Waals surface area contributed by atoms with Crippen LogP contribution in [0, 0.1) is 3.57 Å². The van der Waals surface area contributed by atoms with E-state index in [4.69, 9.17) is 4.74 Å². The van der Waals surface area contributed by atoms with E-state index in [1.807, 2.05) is 47.4 Å². The van der Waals surface area contributed by atoms with E-state index in [-0.39, 0.29) is 12.5 Å². The van der Waals surface area contributed by atoms with Crippen LogP contribution in [0.15, 0.2) is 48.5 Å². The lowest BCUT2D eigenvalue weighted by Gasteiger charge is -2.29. The van der Waals surface area contributed by atoms with E-state index in [9.17, 15) is 4.79 Å². The van der Waals surface area contributed by atoms with Crippen molar-refractivity contribution >= 4 is 34.2 Å². The van der Waals surface area contributed by atoms with Crippen molar-refractivity contribution in [3.63, 3.8) is 0 Å². The maximum absolute atomic E-state index is 12.4. The number of hydrogen-bond donors (Lipinski definition) is 0. The van der Waals surface area contributed by atoms with Crippen molar-refractivity contribution < 1.29 is 9.53 Å². The van der Waals surface area contributed by atoms with Gasteiger partial charge < -0.3 is 9.64 Å². The summed E-state index contributed by atoms with van der Waals surface area (Å²) in [5.41, 5.74) is 2.27. The van der Waals surface area contributed by atoms with Gasteiger partial charge in [0.1, 0.15) is 5.75 Å². The smallest absolute Gasteiger partial charge is 0.264 e. The monoisotopic (exact) mass is 393 g/mol. The Labute approximate surface area is 138 Å². The van der Waals surface area contributed by atoms with Gasteiger partial charge >= 0.3 is 0 Å². The van der Waals surface area contributed by atoms with Crippen LogP contribution < -0.4 is 9.64 Å². The molecule has 0 saturated carbocycles. The molecule has 1 heterocycles. The lowest BCUT2D eigenvalue weighted by Crippen LogP contribution is -2.38. The van der Waals surface area contributed by atoms with Gasteiger partial charge in [-0.2, -0.15) is 0 Å². The number of nitrogens with zero attached hydrogens (tertiary/aromatic N) is 1. The number of para-hydroxylation sites is 2. The SMILES string of the molecule is O=C(COc1ccccc1I)N1CCCc2ccccc21. The quantitative estimate of drug-likeness (QED) is 0.746. The van der Waals surface area contributed by atoms with E-state index in [2.05, 4.69) is 28.7 Å². The van der Waals surface area contributed by atoms with E-state index in [1.165, 1.54) is 5.56 Å². The van der Waals surface area contributed by atoms with Crippen LogP contribution in [0.25, 0.3) is 0 Å². The summed E-state index contributed by atoms with van der Waals surface area (Å²) in [4.78, 5) is 14.3. The molecule has 0 fully saturated rings. The van der Waals surface area contributed by atoms with Gasteiger partial charge in [-0.15, -0.1) is 0 Å². The molecule has 0 unspecified atom stereocenters. The van der Waals surface area contributed by atoms with E-state index >= 15 is 0 Å². The number of fused-ring (bicyclic) bond motifs is 1. The zero-order chi connectivity index (χ0) is 14.7. The lowest BCUT2D eigenvalue weighted by atomic mass is 10.0. The predicted molar refractivity (Wildman–Crippen MR) is 91.8 cm³/mol. The van der Waals surface area contributed by atoms with Crippen LogP contribution >= 0.6 is 22.6 Å². The van der Waals surface area contributed by atoms with Crippen LogP contribution in [0.3, 0.4) is 0 Å². The molecule has 4 heteroatoms. The fraction of sp³-hybridized carbons (Fsp3) is 0.235. The zero-order valence-corrected chi connectivity index (χ0v) is 13.7. The average molecular weight is 393 g/mol. The number of amides is 1. The highest BCUT2D eigenvalue weighted by molar-refractivity contribution is 14.1.